The molecule has 0 fully saturated rings. The third kappa shape index (κ3) is 22.9. The van der Waals surface area contributed by atoms with Gasteiger partial charge in [0.15, 0.2) is 6.17 Å². The van der Waals surface area contributed by atoms with Crippen LogP contribution in [-0.2, 0) is 27.9 Å². The number of carbonyl (C=O) groups excluding carboxylic acids is 1. The van der Waals surface area contributed by atoms with E-state index in [-0.39, 0.29) is 6.42 Å². The monoisotopic (exact) mass is 525 g/mol. The molecule has 9 nitrogen and oxygen atoms in total. The first-order valence-corrected chi connectivity index (χ1v) is 14.2. The van der Waals surface area contributed by atoms with Crippen LogP contribution in [0.2, 0.25) is 0 Å². The molecule has 0 rings (SSSR count). The predicted octanol–water partition coefficient (Wildman–Crippen LogP) is 5.45. The average Bonchev–Trinajstić information content (AvgIpc) is 2.82. The maximum Gasteiger partial charge on any atom is 0.472 e. The maximum atomic E-state index is 13.7. The Morgan fingerprint density at radius 1 is 0.886 bits per heavy atom. The number of hydrogen-bond donors (Lipinski definition) is 3. The van der Waals surface area contributed by atoms with Gasteiger partial charge in [-0.25, -0.2) is 8.96 Å². The molecule has 206 valence electrons. The molecule has 11 heteroatoms. The number of carbonyl (C=O) groups is 2. The molecule has 0 aromatic carbocycles. The first-order chi connectivity index (χ1) is 16.7. The van der Waals surface area contributed by atoms with Crippen LogP contribution in [-0.4, -0.2) is 54.0 Å². The van der Waals surface area contributed by atoms with Gasteiger partial charge in [-0.1, -0.05) is 70.4 Å². The van der Waals surface area contributed by atoms with Crippen LogP contribution in [0.15, 0.2) is 12.2 Å². The number of allylic oxidation sites excluding steroid dienone is 2. The quantitative estimate of drug-likeness (QED) is 0.0648. The van der Waals surface area contributed by atoms with E-state index >= 15 is 0 Å². The van der Waals surface area contributed by atoms with Crippen molar-refractivity contribution in [2.75, 3.05) is 19.8 Å². The van der Waals surface area contributed by atoms with Gasteiger partial charge in [-0.15, -0.1) is 0 Å². The zero-order valence-electron chi connectivity index (χ0n) is 21.1. The van der Waals surface area contributed by atoms with Crippen molar-refractivity contribution in [3.8, 4) is 0 Å². The van der Waals surface area contributed by atoms with Crippen molar-refractivity contribution in [3.63, 3.8) is 0 Å². The molecule has 0 saturated heterocycles. The van der Waals surface area contributed by atoms with Crippen molar-refractivity contribution < 1.29 is 42.3 Å². The van der Waals surface area contributed by atoms with Gasteiger partial charge < -0.3 is 20.5 Å². The molecule has 3 atom stereocenters. The summed E-state index contributed by atoms with van der Waals surface area (Å²) in [4.78, 5) is 31.6. The number of rotatable bonds is 24. The van der Waals surface area contributed by atoms with Gasteiger partial charge in [0.2, 0.25) is 0 Å². The van der Waals surface area contributed by atoms with E-state index in [0.29, 0.717) is 6.42 Å². The van der Waals surface area contributed by atoms with Gasteiger partial charge in [0.25, 0.3) is 0 Å². The number of unbranched alkanes of at least 4 members (excludes halogenated alkanes) is 11. The van der Waals surface area contributed by atoms with Crippen molar-refractivity contribution in [3.05, 3.63) is 12.2 Å². The van der Waals surface area contributed by atoms with Crippen molar-refractivity contribution in [2.45, 2.75) is 109 Å². The van der Waals surface area contributed by atoms with E-state index in [0.717, 1.165) is 38.5 Å². The second-order valence-electron chi connectivity index (χ2n) is 8.62. The summed E-state index contributed by atoms with van der Waals surface area (Å²) < 4.78 is 38.9. The Bertz CT molecular complexity index is 635. The Balaban J connectivity index is 3.62. The fraction of sp³-hybridized carbons (Fsp3) is 0.833. The minimum Gasteiger partial charge on any atom is -0.480 e. The summed E-state index contributed by atoms with van der Waals surface area (Å²) >= 11 is 0. The van der Waals surface area contributed by atoms with Gasteiger partial charge in [-0.3, -0.25) is 18.6 Å². The van der Waals surface area contributed by atoms with Crippen LogP contribution < -0.4 is 5.73 Å². The lowest BCUT2D eigenvalue weighted by molar-refractivity contribution is -0.145. The van der Waals surface area contributed by atoms with E-state index in [1.54, 1.807) is 0 Å². The molecule has 0 amide bonds. The Morgan fingerprint density at radius 2 is 1.40 bits per heavy atom. The molecule has 1 unspecified atom stereocenters. The van der Waals surface area contributed by atoms with Gasteiger partial charge in [0.1, 0.15) is 12.6 Å². The molecule has 0 bridgehead atoms. The van der Waals surface area contributed by atoms with Crippen LogP contribution in [0.3, 0.4) is 0 Å². The molecule has 4 N–H and O–H groups in total. The zero-order valence-corrected chi connectivity index (χ0v) is 22.0. The topological polar surface area (TPSA) is 145 Å². The van der Waals surface area contributed by atoms with Crippen LogP contribution in [0.25, 0.3) is 0 Å². The molecular formula is C24H45FNO8P. The fourth-order valence-corrected chi connectivity index (χ4v) is 3.88. The number of phosphoric ester groups is 1. The molecule has 0 aliphatic rings. The number of alkyl halides is 1. The van der Waals surface area contributed by atoms with Crippen molar-refractivity contribution >= 4 is 19.8 Å². The number of aliphatic carboxylic acids is 1. The SMILES string of the molecule is CCCCCCCC/C=C\CCCCCCCC(=O)OC[C@H](F)COP(=O)(O)OC[C@H](N)C(=O)O. The number of ether oxygens (including phenoxy) is 1. The fourth-order valence-electron chi connectivity index (χ4n) is 3.10. The average molecular weight is 526 g/mol. The van der Waals surface area contributed by atoms with Gasteiger partial charge in [-0.05, 0) is 32.1 Å². The van der Waals surface area contributed by atoms with Crippen molar-refractivity contribution in [1.29, 1.82) is 0 Å². The number of hydrogen-bond acceptors (Lipinski definition) is 7. The Morgan fingerprint density at radius 3 is 1.97 bits per heavy atom. The van der Waals surface area contributed by atoms with Crippen LogP contribution in [0.4, 0.5) is 4.39 Å². The molecule has 0 saturated carbocycles. The van der Waals surface area contributed by atoms with Crippen molar-refractivity contribution in [2.24, 2.45) is 5.73 Å². The maximum absolute atomic E-state index is 13.7. The van der Waals surface area contributed by atoms with E-state index in [4.69, 9.17) is 15.6 Å². The number of halogens is 1. The lowest BCUT2D eigenvalue weighted by atomic mass is 10.1. The van der Waals surface area contributed by atoms with Gasteiger partial charge >= 0.3 is 19.8 Å². The highest BCUT2D eigenvalue weighted by Gasteiger charge is 2.26. The highest BCUT2D eigenvalue weighted by Crippen LogP contribution is 2.43. The summed E-state index contributed by atoms with van der Waals surface area (Å²) in [5.74, 6) is -1.97. The first kappa shape index (κ1) is 33.7. The van der Waals surface area contributed by atoms with Gasteiger partial charge in [0, 0.05) is 6.42 Å². The lowest BCUT2D eigenvalue weighted by Gasteiger charge is -2.15. The molecular weight excluding hydrogens is 480 g/mol. The van der Waals surface area contributed by atoms with E-state index in [9.17, 15) is 23.4 Å². The van der Waals surface area contributed by atoms with Gasteiger partial charge in [0.05, 0.1) is 13.2 Å². The molecule has 0 spiro atoms. The Labute approximate surface area is 209 Å². The number of phosphoric acid groups is 1. The summed E-state index contributed by atoms with van der Waals surface area (Å²) in [5.41, 5.74) is 5.13. The van der Waals surface area contributed by atoms with Crippen LogP contribution in [0, 0.1) is 0 Å². The molecule has 0 aliphatic carbocycles. The standard InChI is InChI=1S/C24H45FNO8P/c1-2-3-4-5-6-7-8-9-10-11-12-13-14-15-16-17-23(27)32-18-21(25)19-33-35(30,31)34-20-22(26)24(28)29/h9-10,21-22H,2-8,11-20,26H2,1H3,(H,28,29)(H,30,31)/b10-9-/t21-,22-/m0/s1. The minimum atomic E-state index is -4.66. The molecule has 0 heterocycles. The normalized spacial score (nSPS) is 15.1. The summed E-state index contributed by atoms with van der Waals surface area (Å²) in [6, 6.07) is -1.52. The number of esters is 1. The largest absolute Gasteiger partial charge is 0.480 e. The Hall–Kier alpha value is -1.32. The highest BCUT2D eigenvalue weighted by atomic mass is 31.2. The number of carboxylic acids is 1. The molecule has 35 heavy (non-hydrogen) atoms. The van der Waals surface area contributed by atoms with Crippen LogP contribution >= 0.6 is 7.82 Å². The molecule has 0 radical (unpaired) electrons. The molecule has 0 aromatic heterocycles. The Kier molecular flexibility index (Phi) is 21.1. The van der Waals surface area contributed by atoms with E-state index < -0.39 is 51.8 Å². The smallest absolute Gasteiger partial charge is 0.472 e. The van der Waals surface area contributed by atoms with E-state index in [1.807, 2.05) is 0 Å². The summed E-state index contributed by atoms with van der Waals surface area (Å²) in [6.45, 7) is -0.00737. The highest BCUT2D eigenvalue weighted by molar-refractivity contribution is 7.47. The predicted molar refractivity (Wildman–Crippen MR) is 133 cm³/mol. The number of nitrogens with two attached hydrogens (primary N) is 1. The number of carboxylic acid groups (broad SMARTS) is 1. The van der Waals surface area contributed by atoms with Crippen LogP contribution in [0.1, 0.15) is 96.8 Å². The second kappa shape index (κ2) is 21.9. The van der Waals surface area contributed by atoms with Gasteiger partial charge in [-0.2, -0.15) is 0 Å². The van der Waals surface area contributed by atoms with Crippen molar-refractivity contribution in [1.82, 2.24) is 0 Å². The first-order valence-electron chi connectivity index (χ1n) is 12.7. The van der Waals surface area contributed by atoms with E-state index in [2.05, 4.69) is 28.1 Å². The second-order valence-corrected chi connectivity index (χ2v) is 10.1. The summed E-state index contributed by atoms with van der Waals surface area (Å²) in [6.07, 6.45) is 17.8. The summed E-state index contributed by atoms with van der Waals surface area (Å²) in [5, 5.41) is 8.57. The summed E-state index contributed by atoms with van der Waals surface area (Å²) in [7, 11) is -4.66. The third-order valence-corrected chi connectivity index (χ3v) is 6.17. The molecule has 0 aromatic rings. The molecule has 0 aliphatic heterocycles. The zero-order chi connectivity index (χ0) is 26.4. The minimum absolute atomic E-state index is 0.181. The van der Waals surface area contributed by atoms with E-state index in [1.165, 1.54) is 38.5 Å². The third-order valence-electron chi connectivity index (χ3n) is 5.22. The van der Waals surface area contributed by atoms with Crippen LogP contribution in [0.5, 0.6) is 0 Å². The lowest BCUT2D eigenvalue weighted by Crippen LogP contribution is -2.34.